The molecule has 0 aromatic rings. The van der Waals surface area contributed by atoms with Crippen molar-refractivity contribution in [3.63, 3.8) is 0 Å². The summed E-state index contributed by atoms with van der Waals surface area (Å²) in [5.41, 5.74) is 0. The SMILES string of the molecule is C#CCNS(=O)(=O)C(C)C. The molecule has 0 radical (unpaired) electrons. The molecule has 58 valence electrons. The van der Waals surface area contributed by atoms with E-state index in [1.54, 1.807) is 13.8 Å². The normalized spacial score (nSPS) is 11.4. The van der Waals surface area contributed by atoms with Gasteiger partial charge in [0.1, 0.15) is 0 Å². The Morgan fingerprint density at radius 1 is 1.60 bits per heavy atom. The van der Waals surface area contributed by atoms with Crippen LogP contribution in [0.2, 0.25) is 0 Å². The van der Waals surface area contributed by atoms with Crippen molar-refractivity contribution >= 4 is 10.0 Å². The summed E-state index contributed by atoms with van der Waals surface area (Å²) in [7, 11) is -3.15. The second-order valence-corrected chi connectivity index (χ2v) is 4.44. The first kappa shape index (κ1) is 9.47. The predicted octanol–water partition coefficient (Wildman–Crippen LogP) is -0.0526. The van der Waals surface area contributed by atoms with Crippen molar-refractivity contribution in [2.45, 2.75) is 19.1 Å². The van der Waals surface area contributed by atoms with Gasteiger partial charge in [0.05, 0.1) is 11.8 Å². The molecule has 0 aliphatic rings. The summed E-state index contributed by atoms with van der Waals surface area (Å²) >= 11 is 0. The summed E-state index contributed by atoms with van der Waals surface area (Å²) in [4.78, 5) is 0. The fourth-order valence-electron chi connectivity index (χ4n) is 0.309. The lowest BCUT2D eigenvalue weighted by Gasteiger charge is -2.05. The van der Waals surface area contributed by atoms with Crippen LogP contribution in [-0.4, -0.2) is 20.2 Å². The van der Waals surface area contributed by atoms with Gasteiger partial charge in [0.25, 0.3) is 0 Å². The number of terminal acetylenes is 1. The minimum atomic E-state index is -3.15. The summed E-state index contributed by atoms with van der Waals surface area (Å²) in [6.07, 6.45) is 4.86. The van der Waals surface area contributed by atoms with Gasteiger partial charge in [-0.05, 0) is 13.8 Å². The van der Waals surface area contributed by atoms with E-state index in [2.05, 4.69) is 10.6 Å². The maximum absolute atomic E-state index is 10.9. The molecule has 0 aromatic carbocycles. The van der Waals surface area contributed by atoms with Gasteiger partial charge in [-0.25, -0.2) is 13.1 Å². The van der Waals surface area contributed by atoms with Crippen LogP contribution in [0.15, 0.2) is 0 Å². The summed E-state index contributed by atoms with van der Waals surface area (Å²) in [5, 5.41) is -0.416. The van der Waals surface area contributed by atoms with Gasteiger partial charge >= 0.3 is 0 Å². The Bertz CT molecular complexity index is 223. The molecule has 0 aliphatic heterocycles. The molecule has 1 N–H and O–H groups in total. The Morgan fingerprint density at radius 2 is 2.10 bits per heavy atom. The maximum atomic E-state index is 10.9. The smallest absolute Gasteiger partial charge is 0.212 e. The highest BCUT2D eigenvalue weighted by atomic mass is 32.2. The van der Waals surface area contributed by atoms with Gasteiger partial charge in [-0.2, -0.15) is 0 Å². The number of hydrogen-bond acceptors (Lipinski definition) is 2. The first-order valence-corrected chi connectivity index (χ1v) is 4.47. The van der Waals surface area contributed by atoms with Crippen LogP contribution in [0.25, 0.3) is 0 Å². The number of sulfonamides is 1. The molecule has 0 amide bonds. The molecule has 0 aliphatic carbocycles. The zero-order valence-electron chi connectivity index (χ0n) is 6.09. The Labute approximate surface area is 61.9 Å². The van der Waals surface area contributed by atoms with Crippen molar-refractivity contribution in [2.75, 3.05) is 6.54 Å². The fraction of sp³-hybridized carbons (Fsp3) is 0.667. The van der Waals surface area contributed by atoms with E-state index in [4.69, 9.17) is 6.42 Å². The Morgan fingerprint density at radius 3 is 2.40 bits per heavy atom. The minimum Gasteiger partial charge on any atom is -0.212 e. The lowest BCUT2D eigenvalue weighted by atomic mass is 10.6. The molecular formula is C6H11NO2S. The largest absolute Gasteiger partial charge is 0.214 e. The molecule has 4 heteroatoms. The zero-order chi connectivity index (χ0) is 8.20. The van der Waals surface area contributed by atoms with Crippen LogP contribution in [0, 0.1) is 12.3 Å². The molecule has 0 aromatic heterocycles. The van der Waals surface area contributed by atoms with Crippen LogP contribution in [0.3, 0.4) is 0 Å². The van der Waals surface area contributed by atoms with Gasteiger partial charge < -0.3 is 0 Å². The quantitative estimate of drug-likeness (QED) is 0.590. The third-order valence-corrected chi connectivity index (χ3v) is 2.78. The number of hydrogen-bond donors (Lipinski definition) is 1. The highest BCUT2D eigenvalue weighted by molar-refractivity contribution is 7.90. The van der Waals surface area contributed by atoms with Gasteiger partial charge in [-0.1, -0.05) is 5.92 Å². The fourth-order valence-corrected chi connectivity index (χ4v) is 0.927. The van der Waals surface area contributed by atoms with Crippen molar-refractivity contribution in [1.29, 1.82) is 0 Å². The van der Waals surface area contributed by atoms with E-state index in [0.29, 0.717) is 0 Å². The summed E-state index contributed by atoms with van der Waals surface area (Å²) in [6.45, 7) is 3.26. The first-order chi connectivity index (χ1) is 4.50. The lowest BCUT2D eigenvalue weighted by Crippen LogP contribution is -2.30. The van der Waals surface area contributed by atoms with Crippen molar-refractivity contribution in [3.05, 3.63) is 0 Å². The molecule has 0 fully saturated rings. The minimum absolute atomic E-state index is 0.0700. The van der Waals surface area contributed by atoms with Crippen molar-refractivity contribution < 1.29 is 8.42 Å². The van der Waals surface area contributed by atoms with E-state index in [9.17, 15) is 8.42 Å². The highest BCUT2D eigenvalue weighted by Crippen LogP contribution is 1.93. The second-order valence-electron chi connectivity index (χ2n) is 2.12. The van der Waals surface area contributed by atoms with Gasteiger partial charge in [-0.15, -0.1) is 6.42 Å². The van der Waals surface area contributed by atoms with Gasteiger partial charge in [0.2, 0.25) is 10.0 Å². The standard InChI is InChI=1S/C6H11NO2S/c1-4-5-7-10(8,9)6(2)3/h1,6-7H,5H2,2-3H3. The Balaban J connectivity index is 4.06. The van der Waals surface area contributed by atoms with E-state index in [1.165, 1.54) is 0 Å². The van der Waals surface area contributed by atoms with Crippen molar-refractivity contribution in [3.8, 4) is 12.3 Å². The van der Waals surface area contributed by atoms with E-state index in [0.717, 1.165) is 0 Å². The monoisotopic (exact) mass is 161 g/mol. The maximum Gasteiger partial charge on any atom is 0.214 e. The molecule has 0 spiro atoms. The molecule has 3 nitrogen and oxygen atoms in total. The molecule has 0 saturated carbocycles. The van der Waals surface area contributed by atoms with Crippen molar-refractivity contribution in [1.82, 2.24) is 4.72 Å². The van der Waals surface area contributed by atoms with Crippen LogP contribution in [0.4, 0.5) is 0 Å². The summed E-state index contributed by atoms with van der Waals surface area (Å²) < 4.78 is 24.0. The van der Waals surface area contributed by atoms with Gasteiger partial charge in [0, 0.05) is 0 Å². The van der Waals surface area contributed by atoms with Gasteiger partial charge in [0.15, 0.2) is 0 Å². The number of rotatable bonds is 3. The van der Waals surface area contributed by atoms with Crippen LogP contribution in [0.5, 0.6) is 0 Å². The Kier molecular flexibility index (Phi) is 3.40. The molecular weight excluding hydrogens is 150 g/mol. The highest BCUT2D eigenvalue weighted by Gasteiger charge is 2.13. The first-order valence-electron chi connectivity index (χ1n) is 2.92. The van der Waals surface area contributed by atoms with E-state index < -0.39 is 15.3 Å². The second kappa shape index (κ2) is 3.59. The molecule has 0 saturated heterocycles. The molecule has 0 heterocycles. The van der Waals surface area contributed by atoms with Crippen LogP contribution < -0.4 is 4.72 Å². The summed E-state index contributed by atoms with van der Waals surface area (Å²) in [6, 6.07) is 0. The molecule has 0 bridgehead atoms. The predicted molar refractivity (Wildman–Crippen MR) is 40.9 cm³/mol. The lowest BCUT2D eigenvalue weighted by molar-refractivity contribution is 0.577. The van der Waals surface area contributed by atoms with Crippen LogP contribution >= 0.6 is 0 Å². The van der Waals surface area contributed by atoms with Crippen molar-refractivity contribution in [2.24, 2.45) is 0 Å². The average molecular weight is 161 g/mol. The van der Waals surface area contributed by atoms with Crippen LogP contribution in [0.1, 0.15) is 13.8 Å². The third-order valence-electron chi connectivity index (χ3n) is 0.996. The van der Waals surface area contributed by atoms with E-state index in [-0.39, 0.29) is 6.54 Å². The number of nitrogens with one attached hydrogen (secondary N) is 1. The van der Waals surface area contributed by atoms with Gasteiger partial charge in [-0.3, -0.25) is 0 Å². The van der Waals surface area contributed by atoms with E-state index >= 15 is 0 Å². The molecule has 0 rings (SSSR count). The van der Waals surface area contributed by atoms with Crippen LogP contribution in [-0.2, 0) is 10.0 Å². The average Bonchev–Trinajstić information content (AvgIpc) is 1.84. The molecule has 0 unspecified atom stereocenters. The summed E-state index contributed by atoms with van der Waals surface area (Å²) in [5.74, 6) is 2.19. The molecule has 10 heavy (non-hydrogen) atoms. The molecule has 0 atom stereocenters. The third kappa shape index (κ3) is 2.85. The Hall–Kier alpha value is -0.530. The topological polar surface area (TPSA) is 46.2 Å². The zero-order valence-corrected chi connectivity index (χ0v) is 6.90. The van der Waals surface area contributed by atoms with E-state index in [1.807, 2.05) is 0 Å².